The topological polar surface area (TPSA) is 61.2 Å². The Hall–Kier alpha value is -2.69. The van der Waals surface area contributed by atoms with E-state index in [0.29, 0.717) is 12.2 Å². The minimum absolute atomic E-state index is 0.111. The second kappa shape index (κ2) is 7.62. The number of benzene rings is 1. The molecule has 1 aliphatic carbocycles. The van der Waals surface area contributed by atoms with Gasteiger partial charge in [-0.1, -0.05) is 39.8 Å². The first-order valence-electron chi connectivity index (χ1n) is 10.1. The zero-order valence-corrected chi connectivity index (χ0v) is 18.2. The highest BCUT2D eigenvalue weighted by Gasteiger charge is 2.39. The maximum atomic E-state index is 12.1. The fourth-order valence-electron chi connectivity index (χ4n) is 4.73. The number of esters is 1. The summed E-state index contributed by atoms with van der Waals surface area (Å²) in [5, 5.41) is 4.40. The Balaban J connectivity index is 2.08. The molecule has 0 fully saturated rings. The summed E-state index contributed by atoms with van der Waals surface area (Å²) in [6, 6.07) is 8.02. The van der Waals surface area contributed by atoms with Crippen LogP contribution in [0.2, 0.25) is 0 Å². The zero-order valence-electron chi connectivity index (χ0n) is 18.2. The Morgan fingerprint density at radius 1 is 1.28 bits per heavy atom. The van der Waals surface area contributed by atoms with Gasteiger partial charge in [-0.3, -0.25) is 4.79 Å². The predicted molar refractivity (Wildman–Crippen MR) is 114 cm³/mol. The Morgan fingerprint density at radius 3 is 2.66 bits per heavy atom. The van der Waals surface area contributed by atoms with E-state index in [9.17, 15) is 9.59 Å². The van der Waals surface area contributed by atoms with Crippen LogP contribution in [0.4, 0.5) is 0 Å². The average molecular weight is 395 g/mol. The Bertz CT molecular complexity index is 980. The van der Waals surface area contributed by atoms with Crippen LogP contribution in [0.5, 0.6) is 0 Å². The first-order chi connectivity index (χ1) is 13.6. The van der Waals surface area contributed by atoms with Crippen molar-refractivity contribution in [3.8, 4) is 5.69 Å². The van der Waals surface area contributed by atoms with E-state index in [1.54, 1.807) is 17.8 Å². The standard InChI is InChI=1S/C24H30N2O3/c1-7-29-22(28)20-13-25-26(16(20)2)18-10-8-9-17(11-18)19-12-23(3,4)15-24(5,6)21(19)14-27/h8-11,13-14H,7,12,15H2,1-6H3. The molecule has 0 saturated heterocycles. The van der Waals surface area contributed by atoms with Gasteiger partial charge in [-0.25, -0.2) is 9.48 Å². The lowest BCUT2D eigenvalue weighted by molar-refractivity contribution is -0.106. The van der Waals surface area contributed by atoms with Crippen LogP contribution in [0.3, 0.4) is 0 Å². The van der Waals surface area contributed by atoms with Crippen molar-refractivity contribution < 1.29 is 14.3 Å². The minimum atomic E-state index is -0.367. The monoisotopic (exact) mass is 394 g/mol. The van der Waals surface area contributed by atoms with E-state index in [-0.39, 0.29) is 16.8 Å². The summed E-state index contributed by atoms with van der Waals surface area (Å²) < 4.78 is 6.86. The number of aromatic nitrogens is 2. The molecule has 0 amide bonds. The number of hydrogen-bond donors (Lipinski definition) is 0. The first-order valence-corrected chi connectivity index (χ1v) is 10.1. The molecule has 2 aromatic rings. The summed E-state index contributed by atoms with van der Waals surface area (Å²) in [6.07, 6.45) is 4.39. The molecule has 29 heavy (non-hydrogen) atoms. The van der Waals surface area contributed by atoms with Gasteiger partial charge in [0.05, 0.1) is 24.2 Å². The Kier molecular flexibility index (Phi) is 5.52. The highest BCUT2D eigenvalue weighted by molar-refractivity contribution is 5.91. The van der Waals surface area contributed by atoms with Crippen molar-refractivity contribution in [3.63, 3.8) is 0 Å². The van der Waals surface area contributed by atoms with Gasteiger partial charge in [-0.15, -0.1) is 0 Å². The number of allylic oxidation sites excluding steroid dienone is 2. The van der Waals surface area contributed by atoms with Gasteiger partial charge in [-0.05, 0) is 60.8 Å². The van der Waals surface area contributed by atoms with Crippen molar-refractivity contribution in [1.29, 1.82) is 0 Å². The average Bonchev–Trinajstić information content (AvgIpc) is 3.01. The summed E-state index contributed by atoms with van der Waals surface area (Å²) >= 11 is 0. The van der Waals surface area contributed by atoms with Crippen LogP contribution in [-0.4, -0.2) is 28.6 Å². The molecule has 3 rings (SSSR count). The van der Waals surface area contributed by atoms with Gasteiger partial charge in [0.2, 0.25) is 0 Å². The third-order valence-electron chi connectivity index (χ3n) is 5.69. The van der Waals surface area contributed by atoms with Crippen molar-refractivity contribution in [2.24, 2.45) is 10.8 Å². The maximum Gasteiger partial charge on any atom is 0.341 e. The molecular formula is C24H30N2O3. The number of hydrogen-bond acceptors (Lipinski definition) is 4. The Morgan fingerprint density at radius 2 is 2.00 bits per heavy atom. The maximum absolute atomic E-state index is 12.1. The number of rotatable bonds is 5. The number of nitrogens with zero attached hydrogens (tertiary/aromatic N) is 2. The van der Waals surface area contributed by atoms with E-state index in [4.69, 9.17) is 4.74 Å². The van der Waals surface area contributed by atoms with Gasteiger partial charge in [0.25, 0.3) is 0 Å². The molecule has 1 aromatic heterocycles. The highest BCUT2D eigenvalue weighted by atomic mass is 16.5. The molecule has 5 nitrogen and oxygen atoms in total. The van der Waals surface area contributed by atoms with E-state index < -0.39 is 0 Å². The molecule has 0 radical (unpaired) electrons. The van der Waals surface area contributed by atoms with E-state index in [1.807, 2.05) is 31.2 Å². The fraction of sp³-hybridized carbons (Fsp3) is 0.458. The molecule has 154 valence electrons. The lowest BCUT2D eigenvalue weighted by atomic mass is 9.62. The summed E-state index contributed by atoms with van der Waals surface area (Å²) in [4.78, 5) is 24.1. The molecule has 1 heterocycles. The molecule has 0 bridgehead atoms. The number of aldehydes is 1. The van der Waals surface area contributed by atoms with Crippen molar-refractivity contribution in [3.05, 3.63) is 52.9 Å². The van der Waals surface area contributed by atoms with Gasteiger partial charge in [0.1, 0.15) is 11.8 Å². The van der Waals surface area contributed by atoms with Crippen LogP contribution < -0.4 is 0 Å². The third kappa shape index (κ3) is 4.04. The molecule has 0 saturated carbocycles. The van der Waals surface area contributed by atoms with Crippen LogP contribution in [0.1, 0.15) is 69.1 Å². The lowest BCUT2D eigenvalue weighted by Crippen LogP contribution is -2.31. The van der Waals surface area contributed by atoms with Gasteiger partial charge in [-0.2, -0.15) is 5.10 Å². The molecule has 1 aliphatic rings. The lowest BCUT2D eigenvalue weighted by Gasteiger charge is -2.42. The van der Waals surface area contributed by atoms with Gasteiger partial charge in [0.15, 0.2) is 0 Å². The number of carbonyl (C=O) groups is 2. The molecule has 0 N–H and O–H groups in total. The van der Waals surface area contributed by atoms with Crippen LogP contribution in [-0.2, 0) is 9.53 Å². The van der Waals surface area contributed by atoms with Crippen LogP contribution >= 0.6 is 0 Å². The summed E-state index contributed by atoms with van der Waals surface area (Å²) in [5.74, 6) is -0.367. The van der Waals surface area contributed by atoms with E-state index in [0.717, 1.165) is 47.2 Å². The van der Waals surface area contributed by atoms with E-state index >= 15 is 0 Å². The smallest absolute Gasteiger partial charge is 0.341 e. The summed E-state index contributed by atoms with van der Waals surface area (Å²) in [5.41, 5.74) is 4.98. The van der Waals surface area contributed by atoms with Crippen LogP contribution in [0.15, 0.2) is 36.0 Å². The largest absolute Gasteiger partial charge is 0.462 e. The third-order valence-corrected chi connectivity index (χ3v) is 5.69. The molecule has 0 aliphatic heterocycles. The molecule has 0 atom stereocenters. The molecule has 0 unspecified atom stereocenters. The summed E-state index contributed by atoms with van der Waals surface area (Å²) in [7, 11) is 0. The van der Waals surface area contributed by atoms with E-state index in [2.05, 4.69) is 32.8 Å². The minimum Gasteiger partial charge on any atom is -0.462 e. The molecular weight excluding hydrogens is 364 g/mol. The second-order valence-electron chi connectivity index (χ2n) is 9.24. The number of ether oxygens (including phenoxy) is 1. The van der Waals surface area contributed by atoms with Crippen molar-refractivity contribution in [1.82, 2.24) is 9.78 Å². The Labute approximate surface area is 172 Å². The zero-order chi connectivity index (χ0) is 21.4. The van der Waals surface area contributed by atoms with Gasteiger partial charge >= 0.3 is 5.97 Å². The molecule has 5 heteroatoms. The van der Waals surface area contributed by atoms with Gasteiger partial charge in [0, 0.05) is 5.57 Å². The van der Waals surface area contributed by atoms with Gasteiger partial charge < -0.3 is 4.74 Å². The van der Waals surface area contributed by atoms with E-state index in [1.165, 1.54) is 0 Å². The fourth-order valence-corrected chi connectivity index (χ4v) is 4.73. The first kappa shape index (κ1) is 21.0. The second-order valence-corrected chi connectivity index (χ2v) is 9.24. The van der Waals surface area contributed by atoms with Crippen molar-refractivity contribution in [2.75, 3.05) is 6.61 Å². The molecule has 1 aromatic carbocycles. The quantitative estimate of drug-likeness (QED) is 0.519. The van der Waals surface area contributed by atoms with Crippen molar-refractivity contribution >= 4 is 17.8 Å². The van der Waals surface area contributed by atoms with Crippen LogP contribution in [0.25, 0.3) is 11.3 Å². The summed E-state index contributed by atoms with van der Waals surface area (Å²) in [6.45, 7) is 12.8. The normalized spacial score (nSPS) is 17.9. The van der Waals surface area contributed by atoms with Crippen LogP contribution in [0, 0.1) is 17.8 Å². The number of carbonyl (C=O) groups excluding carboxylic acids is 2. The predicted octanol–water partition coefficient (Wildman–Crippen LogP) is 5.16. The highest BCUT2D eigenvalue weighted by Crippen LogP contribution is 2.51. The SMILES string of the molecule is CCOC(=O)c1cnn(-c2cccc(C3=C(C=O)C(C)(C)CC(C)(C)C3)c2)c1C. The van der Waals surface area contributed by atoms with Crippen molar-refractivity contribution in [2.45, 2.75) is 54.4 Å². The molecule has 0 spiro atoms.